The minimum atomic E-state index is -0.615. The van der Waals surface area contributed by atoms with Gasteiger partial charge in [0.05, 0.1) is 18.9 Å². The molecule has 0 unspecified atom stereocenters. The predicted octanol–water partition coefficient (Wildman–Crippen LogP) is 2.47. The number of hydrogen-bond acceptors (Lipinski definition) is 5. The second-order valence-electron chi connectivity index (χ2n) is 4.66. The molecule has 0 saturated heterocycles. The van der Waals surface area contributed by atoms with Crippen LogP contribution in [0.1, 0.15) is 21.6 Å². The number of rotatable bonds is 3. The molecule has 22 heavy (non-hydrogen) atoms. The van der Waals surface area contributed by atoms with Crippen LogP contribution in [0.25, 0.3) is 5.65 Å². The first kappa shape index (κ1) is 14.3. The Morgan fingerprint density at radius 1 is 1.41 bits per heavy atom. The highest BCUT2D eigenvalue weighted by atomic mass is 35.5. The maximum atomic E-state index is 12.0. The van der Waals surface area contributed by atoms with E-state index < -0.39 is 5.97 Å². The normalized spacial score (nSPS) is 10.8. The Labute approximate surface area is 130 Å². The van der Waals surface area contributed by atoms with Crippen LogP contribution in [-0.4, -0.2) is 32.8 Å². The lowest BCUT2D eigenvalue weighted by Gasteiger charge is -2.11. The van der Waals surface area contributed by atoms with Gasteiger partial charge < -0.3 is 9.84 Å². The van der Waals surface area contributed by atoms with Gasteiger partial charge in [-0.05, 0) is 17.7 Å². The fourth-order valence-corrected chi connectivity index (χ4v) is 2.45. The number of fused-ring (bicyclic) bond motifs is 1. The average molecular weight is 318 g/mol. The lowest BCUT2D eigenvalue weighted by molar-refractivity contribution is 0.0592. The summed E-state index contributed by atoms with van der Waals surface area (Å²) in [6.07, 6.45) is 1.77. The minimum absolute atomic E-state index is 0.0629. The van der Waals surface area contributed by atoms with Crippen molar-refractivity contribution in [2.24, 2.45) is 0 Å². The van der Waals surface area contributed by atoms with E-state index in [0.717, 1.165) is 5.56 Å². The summed E-state index contributed by atoms with van der Waals surface area (Å²) in [5, 5.41) is 15.0. The molecule has 0 fully saturated rings. The van der Waals surface area contributed by atoms with Gasteiger partial charge in [0.25, 0.3) is 0 Å². The Morgan fingerprint density at radius 3 is 2.95 bits per heavy atom. The SMILES string of the molecule is COC(=O)c1nc2ccnn2c(O)c1Cc1cccc(Cl)c1. The first-order chi connectivity index (χ1) is 10.6. The first-order valence-corrected chi connectivity index (χ1v) is 6.86. The third-order valence-corrected chi connectivity index (χ3v) is 3.49. The number of aromatic nitrogens is 3. The van der Waals surface area contributed by atoms with Crippen LogP contribution in [0.5, 0.6) is 5.88 Å². The summed E-state index contributed by atoms with van der Waals surface area (Å²) in [5.74, 6) is -0.758. The Morgan fingerprint density at radius 2 is 2.23 bits per heavy atom. The molecule has 0 radical (unpaired) electrons. The molecule has 0 saturated carbocycles. The molecule has 112 valence electrons. The van der Waals surface area contributed by atoms with Gasteiger partial charge in [0.15, 0.2) is 11.3 Å². The summed E-state index contributed by atoms with van der Waals surface area (Å²) in [6, 6.07) is 8.75. The summed E-state index contributed by atoms with van der Waals surface area (Å²) in [4.78, 5) is 16.2. The van der Waals surface area contributed by atoms with Gasteiger partial charge >= 0.3 is 5.97 Å². The Bertz CT molecular complexity index is 860. The van der Waals surface area contributed by atoms with Gasteiger partial charge in [-0.1, -0.05) is 23.7 Å². The molecule has 2 heterocycles. The quantitative estimate of drug-likeness (QED) is 0.751. The number of ether oxygens (including phenoxy) is 1. The standard InChI is InChI=1S/C15H12ClN3O3/c1-22-15(21)13-11(8-9-3-2-4-10(16)7-9)14(20)19-12(18-13)5-6-17-19/h2-7,20H,8H2,1H3. The maximum Gasteiger partial charge on any atom is 0.357 e. The van der Waals surface area contributed by atoms with E-state index in [-0.39, 0.29) is 18.0 Å². The van der Waals surface area contributed by atoms with E-state index in [1.807, 2.05) is 6.07 Å². The van der Waals surface area contributed by atoms with Gasteiger partial charge in [-0.15, -0.1) is 0 Å². The Hall–Kier alpha value is -2.60. The molecule has 1 aromatic carbocycles. The van der Waals surface area contributed by atoms with Gasteiger partial charge in [0.2, 0.25) is 5.88 Å². The Kier molecular flexibility index (Phi) is 3.68. The van der Waals surface area contributed by atoms with Crippen LogP contribution in [0.15, 0.2) is 36.5 Å². The zero-order valence-electron chi connectivity index (χ0n) is 11.7. The van der Waals surface area contributed by atoms with E-state index in [1.165, 1.54) is 17.8 Å². The van der Waals surface area contributed by atoms with E-state index in [2.05, 4.69) is 10.1 Å². The molecule has 0 bridgehead atoms. The van der Waals surface area contributed by atoms with Crippen LogP contribution >= 0.6 is 11.6 Å². The molecular formula is C15H12ClN3O3. The highest BCUT2D eigenvalue weighted by Gasteiger charge is 2.21. The third-order valence-electron chi connectivity index (χ3n) is 3.25. The van der Waals surface area contributed by atoms with Gasteiger partial charge in [-0.3, -0.25) is 0 Å². The molecule has 0 spiro atoms. The second-order valence-corrected chi connectivity index (χ2v) is 5.10. The highest BCUT2D eigenvalue weighted by molar-refractivity contribution is 6.30. The molecule has 0 amide bonds. The van der Waals surface area contributed by atoms with Crippen LogP contribution in [0, 0.1) is 0 Å². The van der Waals surface area contributed by atoms with Crippen LogP contribution in [-0.2, 0) is 11.2 Å². The number of methoxy groups -OCH3 is 1. The number of carbonyl (C=O) groups is 1. The fraction of sp³-hybridized carbons (Fsp3) is 0.133. The van der Waals surface area contributed by atoms with E-state index >= 15 is 0 Å². The smallest absolute Gasteiger partial charge is 0.357 e. The van der Waals surface area contributed by atoms with Gasteiger partial charge in [0, 0.05) is 17.5 Å². The van der Waals surface area contributed by atoms with Crippen LogP contribution < -0.4 is 0 Å². The number of aromatic hydroxyl groups is 1. The summed E-state index contributed by atoms with van der Waals surface area (Å²) in [5.41, 5.74) is 1.60. The van der Waals surface area contributed by atoms with Crippen molar-refractivity contribution in [3.8, 4) is 5.88 Å². The zero-order chi connectivity index (χ0) is 15.7. The molecule has 2 aromatic heterocycles. The third kappa shape index (κ3) is 2.48. The van der Waals surface area contributed by atoms with E-state index in [4.69, 9.17) is 16.3 Å². The van der Waals surface area contributed by atoms with Crippen molar-refractivity contribution in [2.75, 3.05) is 7.11 Å². The number of benzene rings is 1. The monoisotopic (exact) mass is 317 g/mol. The van der Waals surface area contributed by atoms with Crippen molar-refractivity contribution in [2.45, 2.75) is 6.42 Å². The van der Waals surface area contributed by atoms with Crippen LogP contribution in [0.3, 0.4) is 0 Å². The lowest BCUT2D eigenvalue weighted by Crippen LogP contribution is -2.12. The van der Waals surface area contributed by atoms with E-state index in [1.54, 1.807) is 24.3 Å². The summed E-state index contributed by atoms with van der Waals surface area (Å²) in [6.45, 7) is 0. The van der Waals surface area contributed by atoms with Crippen LogP contribution in [0.2, 0.25) is 5.02 Å². The summed E-state index contributed by atoms with van der Waals surface area (Å²) in [7, 11) is 1.27. The minimum Gasteiger partial charge on any atom is -0.493 e. The Balaban J connectivity index is 2.17. The second kappa shape index (κ2) is 5.65. The van der Waals surface area contributed by atoms with Crippen molar-refractivity contribution in [3.63, 3.8) is 0 Å². The number of carbonyl (C=O) groups excluding carboxylic acids is 1. The number of esters is 1. The molecule has 0 aliphatic carbocycles. The molecule has 7 heteroatoms. The molecule has 0 atom stereocenters. The van der Waals surface area contributed by atoms with Crippen molar-refractivity contribution in [1.82, 2.24) is 14.6 Å². The van der Waals surface area contributed by atoms with Gasteiger partial charge in [-0.25, -0.2) is 9.78 Å². The summed E-state index contributed by atoms with van der Waals surface area (Å²) >= 11 is 5.97. The van der Waals surface area contributed by atoms with Crippen molar-refractivity contribution in [3.05, 3.63) is 58.4 Å². The number of halogens is 1. The highest BCUT2D eigenvalue weighted by Crippen LogP contribution is 2.25. The van der Waals surface area contributed by atoms with E-state index in [9.17, 15) is 9.90 Å². The average Bonchev–Trinajstić information content (AvgIpc) is 2.98. The molecular weight excluding hydrogens is 306 g/mol. The molecule has 3 rings (SSSR count). The first-order valence-electron chi connectivity index (χ1n) is 6.48. The topological polar surface area (TPSA) is 76.7 Å². The van der Waals surface area contributed by atoms with Crippen molar-refractivity contribution in [1.29, 1.82) is 0 Å². The molecule has 0 aliphatic rings. The number of hydrogen-bond donors (Lipinski definition) is 1. The van der Waals surface area contributed by atoms with Gasteiger partial charge in [-0.2, -0.15) is 9.61 Å². The maximum absolute atomic E-state index is 12.0. The largest absolute Gasteiger partial charge is 0.493 e. The van der Waals surface area contributed by atoms with Crippen molar-refractivity contribution >= 4 is 23.2 Å². The molecule has 3 aromatic rings. The predicted molar refractivity (Wildman–Crippen MR) is 80.2 cm³/mol. The van der Waals surface area contributed by atoms with Crippen molar-refractivity contribution < 1.29 is 14.6 Å². The summed E-state index contributed by atoms with van der Waals surface area (Å²) < 4.78 is 6.02. The van der Waals surface area contributed by atoms with Gasteiger partial charge in [0.1, 0.15) is 0 Å². The van der Waals surface area contributed by atoms with Crippen LogP contribution in [0.4, 0.5) is 0 Å². The zero-order valence-corrected chi connectivity index (χ0v) is 12.4. The molecule has 1 N–H and O–H groups in total. The van der Waals surface area contributed by atoms with E-state index in [0.29, 0.717) is 16.2 Å². The molecule has 0 aliphatic heterocycles. The molecule has 6 nitrogen and oxygen atoms in total. The lowest BCUT2D eigenvalue weighted by atomic mass is 10.0. The fourth-order valence-electron chi connectivity index (χ4n) is 2.24. The number of nitrogens with zero attached hydrogens (tertiary/aromatic N) is 3.